The highest BCUT2D eigenvalue weighted by Crippen LogP contribution is 2.34. The average molecular weight is 580 g/mol. The molecule has 4 heterocycles. The molecule has 3 amide bonds. The van der Waals surface area contributed by atoms with Gasteiger partial charge in [-0.15, -0.1) is 0 Å². The predicted octanol–water partition coefficient (Wildman–Crippen LogP) is 2.20. The number of fused-ring (bicyclic) bond motifs is 6. The van der Waals surface area contributed by atoms with E-state index < -0.39 is 42.2 Å². The Morgan fingerprint density at radius 3 is 2.52 bits per heavy atom. The number of carbonyl (C=O) groups is 3. The van der Waals surface area contributed by atoms with Gasteiger partial charge in [-0.3, -0.25) is 24.4 Å². The zero-order valence-corrected chi connectivity index (χ0v) is 24.7. The van der Waals surface area contributed by atoms with E-state index in [1.165, 1.54) is 11.9 Å². The van der Waals surface area contributed by atoms with Crippen LogP contribution >= 0.6 is 0 Å². The molecule has 0 saturated carbocycles. The summed E-state index contributed by atoms with van der Waals surface area (Å²) in [6.45, 7) is 9.22. The number of hydrogen-bond donors (Lipinski definition) is 4. The molecule has 3 aliphatic rings. The van der Waals surface area contributed by atoms with Gasteiger partial charge in [0.15, 0.2) is 6.29 Å². The van der Waals surface area contributed by atoms with Crippen molar-refractivity contribution < 1.29 is 29.0 Å². The van der Waals surface area contributed by atoms with Crippen LogP contribution < -0.4 is 16.1 Å². The summed E-state index contributed by atoms with van der Waals surface area (Å²) in [6, 6.07) is 7.89. The largest absolute Gasteiger partial charge is 0.392 e. The number of benzene rings is 1. The summed E-state index contributed by atoms with van der Waals surface area (Å²) in [7, 11) is 0. The quantitative estimate of drug-likeness (QED) is 0.397. The molecule has 0 aliphatic carbocycles. The van der Waals surface area contributed by atoms with Gasteiger partial charge in [0.2, 0.25) is 11.8 Å². The van der Waals surface area contributed by atoms with E-state index in [9.17, 15) is 19.5 Å². The predicted molar refractivity (Wildman–Crippen MR) is 156 cm³/mol. The summed E-state index contributed by atoms with van der Waals surface area (Å²) in [4.78, 5) is 44.7. The van der Waals surface area contributed by atoms with Gasteiger partial charge in [0.05, 0.1) is 35.4 Å². The molecule has 8 atom stereocenters. The number of amides is 3. The number of epoxide rings is 1. The van der Waals surface area contributed by atoms with Crippen LogP contribution in [0.5, 0.6) is 0 Å². The number of carbonyl (C=O) groups excluding carboxylic acids is 3. The van der Waals surface area contributed by atoms with Crippen molar-refractivity contribution in [3.63, 3.8) is 0 Å². The van der Waals surface area contributed by atoms with Crippen LogP contribution in [0.1, 0.15) is 64.8 Å². The molecule has 0 spiro atoms. The van der Waals surface area contributed by atoms with E-state index in [1.54, 1.807) is 19.1 Å². The minimum Gasteiger partial charge on any atom is -0.392 e. The average Bonchev–Trinajstić information content (AvgIpc) is 3.73. The van der Waals surface area contributed by atoms with Crippen molar-refractivity contribution in [3.05, 3.63) is 47.7 Å². The first-order chi connectivity index (χ1) is 20.0. The first-order valence-corrected chi connectivity index (χ1v) is 14.8. The van der Waals surface area contributed by atoms with Gasteiger partial charge in [0, 0.05) is 11.9 Å². The van der Waals surface area contributed by atoms with Gasteiger partial charge in [-0.1, -0.05) is 44.2 Å². The lowest BCUT2D eigenvalue weighted by molar-refractivity contribution is -0.141. The highest BCUT2D eigenvalue weighted by Gasteiger charge is 2.49. The molecular formula is C31H41N5O6. The summed E-state index contributed by atoms with van der Waals surface area (Å²) in [5.41, 5.74) is 5.61. The molecule has 5 bridgehead atoms. The Labute approximate surface area is 246 Å². The maximum Gasteiger partial charge on any atom is 0.258 e. The van der Waals surface area contributed by atoms with Crippen LogP contribution in [0.25, 0.3) is 17.0 Å². The van der Waals surface area contributed by atoms with Gasteiger partial charge in [0.25, 0.3) is 5.91 Å². The number of aromatic nitrogens is 1. The lowest BCUT2D eigenvalue weighted by Gasteiger charge is -2.35. The van der Waals surface area contributed by atoms with Crippen molar-refractivity contribution in [1.82, 2.24) is 26.1 Å². The van der Waals surface area contributed by atoms with Crippen LogP contribution in [-0.2, 0) is 23.9 Å². The lowest BCUT2D eigenvalue weighted by Crippen LogP contribution is -2.60. The molecule has 42 heavy (non-hydrogen) atoms. The monoisotopic (exact) mass is 579 g/mol. The SMILES string of the molecule is CC(C)[C@@H]1NC(=O)[C@@H]([C@H](C)O)/C=C/c2ccc3ccc(nc3c2)[C@@H](C)OC2OC2[C@@H]2CCCN(N2)C(=O)[C@H](C)NC1=O. The topological polar surface area (TPSA) is 145 Å². The number of hydrazine groups is 1. The van der Waals surface area contributed by atoms with Crippen LogP contribution in [0.4, 0.5) is 0 Å². The smallest absolute Gasteiger partial charge is 0.258 e. The van der Waals surface area contributed by atoms with Crippen molar-refractivity contribution in [1.29, 1.82) is 0 Å². The second-order valence-electron chi connectivity index (χ2n) is 11.9. The molecule has 1 aromatic heterocycles. The number of aliphatic hydroxyl groups is 1. The first kappa shape index (κ1) is 30.1. The van der Waals surface area contributed by atoms with E-state index in [-0.39, 0.29) is 30.1 Å². The zero-order chi connectivity index (χ0) is 30.1. The van der Waals surface area contributed by atoms with Crippen molar-refractivity contribution in [2.75, 3.05) is 6.54 Å². The number of nitrogens with zero attached hydrogens (tertiary/aromatic N) is 2. The van der Waals surface area contributed by atoms with Gasteiger partial charge >= 0.3 is 0 Å². The maximum absolute atomic E-state index is 13.3. The number of aliphatic hydroxyl groups excluding tert-OH is 1. The lowest BCUT2D eigenvalue weighted by atomic mass is 9.97. The van der Waals surface area contributed by atoms with Crippen LogP contribution in [-0.4, -0.2) is 76.0 Å². The third-order valence-corrected chi connectivity index (χ3v) is 8.15. The van der Waals surface area contributed by atoms with E-state index in [2.05, 4.69) is 16.1 Å². The molecule has 0 radical (unpaired) electrons. The molecule has 2 fully saturated rings. The van der Waals surface area contributed by atoms with E-state index >= 15 is 0 Å². The normalized spacial score (nSPS) is 32.5. The Kier molecular flexibility index (Phi) is 8.93. The fourth-order valence-electron chi connectivity index (χ4n) is 5.53. The molecule has 2 aromatic rings. The number of ether oxygens (including phenoxy) is 2. The van der Waals surface area contributed by atoms with Gasteiger partial charge < -0.3 is 25.2 Å². The molecule has 2 unspecified atom stereocenters. The third kappa shape index (κ3) is 6.64. The zero-order valence-electron chi connectivity index (χ0n) is 24.7. The summed E-state index contributed by atoms with van der Waals surface area (Å²) in [5.74, 6) is -2.39. The Balaban J connectivity index is 1.46. The Hall–Kier alpha value is -3.38. The molecular weight excluding hydrogens is 538 g/mol. The molecule has 3 aliphatic heterocycles. The van der Waals surface area contributed by atoms with Crippen molar-refractivity contribution in [2.45, 2.75) is 90.2 Å². The Morgan fingerprint density at radius 2 is 1.79 bits per heavy atom. The number of rotatable bonds is 2. The molecule has 4 N–H and O–H groups in total. The van der Waals surface area contributed by atoms with Crippen LogP contribution in [0.15, 0.2) is 36.4 Å². The molecule has 11 nitrogen and oxygen atoms in total. The minimum atomic E-state index is -1.00. The second kappa shape index (κ2) is 12.5. The van der Waals surface area contributed by atoms with Gasteiger partial charge in [0.1, 0.15) is 18.2 Å². The van der Waals surface area contributed by atoms with Crippen molar-refractivity contribution >= 4 is 34.7 Å². The van der Waals surface area contributed by atoms with Crippen LogP contribution in [0, 0.1) is 11.8 Å². The molecule has 11 heteroatoms. The van der Waals surface area contributed by atoms with Gasteiger partial charge in [-0.2, -0.15) is 0 Å². The summed E-state index contributed by atoms with van der Waals surface area (Å²) in [5, 5.41) is 18.5. The summed E-state index contributed by atoms with van der Waals surface area (Å²) >= 11 is 0. The van der Waals surface area contributed by atoms with Crippen LogP contribution in [0.2, 0.25) is 0 Å². The van der Waals surface area contributed by atoms with Gasteiger partial charge in [-0.25, -0.2) is 5.43 Å². The maximum atomic E-state index is 13.3. The van der Waals surface area contributed by atoms with Crippen molar-refractivity contribution in [3.8, 4) is 0 Å². The third-order valence-electron chi connectivity index (χ3n) is 8.15. The molecule has 226 valence electrons. The standard InChI is InChI=1S/C31H41N5O6/c1-16(2)26-29(39)32-17(3)30(40)36-14-6-7-24(35-36)27-31(42-27)41-19(5)23-13-11-21-10-8-20(15-25(21)33-23)9-12-22(18(4)37)28(38)34-26/h8-13,15-19,22,24,26-27,31,35,37H,6-7,14H2,1-5H3,(H,32,39)(H,34,38)/b12-9+/t17-,18-,19+,22+,24-,26-,27?,31?/m0/s1. The van der Waals surface area contributed by atoms with Crippen LogP contribution in [0.3, 0.4) is 0 Å². The van der Waals surface area contributed by atoms with Gasteiger partial charge in [-0.05, 0) is 57.2 Å². The summed E-state index contributed by atoms with van der Waals surface area (Å²) < 4.78 is 12.1. The Morgan fingerprint density at radius 1 is 1.02 bits per heavy atom. The molecule has 5 rings (SSSR count). The van der Waals surface area contributed by atoms with E-state index in [1.807, 2.05) is 51.1 Å². The molecule has 1 aromatic carbocycles. The minimum absolute atomic E-state index is 0.111. The van der Waals surface area contributed by atoms with E-state index in [0.29, 0.717) is 6.54 Å². The fourth-order valence-corrected chi connectivity index (χ4v) is 5.53. The highest BCUT2D eigenvalue weighted by atomic mass is 16.8. The summed E-state index contributed by atoms with van der Waals surface area (Å²) in [6.07, 6.45) is 3.05. The number of hydrogen-bond acceptors (Lipinski definition) is 8. The van der Waals surface area contributed by atoms with Crippen molar-refractivity contribution in [2.24, 2.45) is 11.8 Å². The van der Waals surface area contributed by atoms with E-state index in [0.717, 1.165) is 35.0 Å². The highest BCUT2D eigenvalue weighted by molar-refractivity contribution is 5.93. The number of pyridine rings is 1. The Bertz CT molecular complexity index is 1360. The van der Waals surface area contributed by atoms with E-state index in [4.69, 9.17) is 14.5 Å². The molecule has 2 saturated heterocycles. The second-order valence-corrected chi connectivity index (χ2v) is 11.9. The first-order valence-electron chi connectivity index (χ1n) is 14.8. The number of nitrogens with one attached hydrogen (secondary N) is 3. The fraction of sp³-hybridized carbons (Fsp3) is 0.548.